The second-order valence-electron chi connectivity index (χ2n) is 3.07. The Morgan fingerprint density at radius 2 is 2.27 bits per heavy atom. The van der Waals surface area contributed by atoms with Gasteiger partial charge in [-0.25, -0.2) is 0 Å². The number of hydrogen-bond acceptors (Lipinski definition) is 4. The lowest BCUT2D eigenvalue weighted by atomic mass is 10.1. The Labute approximate surface area is 95.4 Å². The van der Waals surface area contributed by atoms with E-state index < -0.39 is 11.0 Å². The van der Waals surface area contributed by atoms with Gasteiger partial charge in [-0.2, -0.15) is 0 Å². The quantitative estimate of drug-likeness (QED) is 0.646. The molecule has 0 aliphatic rings. The highest BCUT2D eigenvalue weighted by Crippen LogP contribution is 2.24. The summed E-state index contributed by atoms with van der Waals surface area (Å²) in [4.78, 5) is 10.1. The van der Waals surface area contributed by atoms with Crippen LogP contribution in [0.5, 0.6) is 0 Å². The standard InChI is InChI=1S/C9H11BrN2O3/c1-11-5-9(13)6-2-7(10)4-8(3-6)12(14)15/h2-4,9,11,13H,5H2,1H3. The van der Waals surface area contributed by atoms with E-state index in [1.54, 1.807) is 13.1 Å². The average molecular weight is 275 g/mol. The maximum Gasteiger partial charge on any atom is 0.270 e. The SMILES string of the molecule is CNCC(O)c1cc(Br)cc([N+](=O)[O-])c1. The minimum Gasteiger partial charge on any atom is -0.387 e. The first-order valence-corrected chi connectivity index (χ1v) is 5.11. The van der Waals surface area contributed by atoms with Gasteiger partial charge in [-0.15, -0.1) is 0 Å². The number of likely N-dealkylation sites (N-methyl/N-ethyl adjacent to an activating group) is 1. The number of rotatable bonds is 4. The van der Waals surface area contributed by atoms with Crippen molar-refractivity contribution >= 4 is 21.6 Å². The Bertz CT molecular complexity index is 370. The first-order chi connectivity index (χ1) is 7.04. The monoisotopic (exact) mass is 274 g/mol. The van der Waals surface area contributed by atoms with Gasteiger partial charge in [-0.1, -0.05) is 15.9 Å². The second-order valence-corrected chi connectivity index (χ2v) is 3.99. The van der Waals surface area contributed by atoms with Crippen LogP contribution in [0.4, 0.5) is 5.69 Å². The minimum absolute atomic E-state index is 0.0328. The van der Waals surface area contributed by atoms with E-state index in [-0.39, 0.29) is 5.69 Å². The summed E-state index contributed by atoms with van der Waals surface area (Å²) in [7, 11) is 1.70. The van der Waals surface area contributed by atoms with Crippen LogP contribution >= 0.6 is 15.9 Å². The molecule has 6 heteroatoms. The van der Waals surface area contributed by atoms with Crippen molar-refractivity contribution in [2.45, 2.75) is 6.10 Å². The van der Waals surface area contributed by atoms with E-state index in [9.17, 15) is 15.2 Å². The van der Waals surface area contributed by atoms with Gasteiger partial charge in [-0.05, 0) is 18.7 Å². The summed E-state index contributed by atoms with van der Waals surface area (Å²) in [5.74, 6) is 0. The molecular weight excluding hydrogens is 264 g/mol. The maximum absolute atomic E-state index is 10.6. The highest BCUT2D eigenvalue weighted by molar-refractivity contribution is 9.10. The maximum atomic E-state index is 10.6. The summed E-state index contributed by atoms with van der Waals surface area (Å²) < 4.78 is 0.585. The van der Waals surface area contributed by atoms with E-state index in [0.29, 0.717) is 16.6 Å². The van der Waals surface area contributed by atoms with Crippen LogP contribution in [0.1, 0.15) is 11.7 Å². The third-order valence-electron chi connectivity index (χ3n) is 1.90. The highest BCUT2D eigenvalue weighted by Gasteiger charge is 2.13. The largest absolute Gasteiger partial charge is 0.387 e. The molecule has 0 saturated carbocycles. The van der Waals surface area contributed by atoms with E-state index in [2.05, 4.69) is 21.2 Å². The van der Waals surface area contributed by atoms with Gasteiger partial charge in [0.05, 0.1) is 11.0 Å². The Morgan fingerprint density at radius 1 is 1.60 bits per heavy atom. The molecule has 1 atom stereocenters. The normalized spacial score (nSPS) is 12.5. The highest BCUT2D eigenvalue weighted by atomic mass is 79.9. The predicted molar refractivity (Wildman–Crippen MR) is 59.7 cm³/mol. The van der Waals surface area contributed by atoms with Gasteiger partial charge in [0.15, 0.2) is 0 Å². The fourth-order valence-corrected chi connectivity index (χ4v) is 1.70. The molecule has 2 N–H and O–H groups in total. The molecule has 15 heavy (non-hydrogen) atoms. The molecule has 1 aromatic carbocycles. The van der Waals surface area contributed by atoms with Crippen LogP contribution in [-0.2, 0) is 0 Å². The van der Waals surface area contributed by atoms with Gasteiger partial charge < -0.3 is 10.4 Å². The Kier molecular flexibility index (Phi) is 4.19. The predicted octanol–water partition coefficient (Wildman–Crippen LogP) is 1.61. The van der Waals surface area contributed by atoms with Crippen LogP contribution in [0.2, 0.25) is 0 Å². The second kappa shape index (κ2) is 5.20. The van der Waals surface area contributed by atoms with Crippen molar-refractivity contribution < 1.29 is 10.0 Å². The average Bonchev–Trinajstić information content (AvgIpc) is 2.17. The van der Waals surface area contributed by atoms with Crippen molar-refractivity contribution in [2.24, 2.45) is 0 Å². The van der Waals surface area contributed by atoms with Crippen LogP contribution in [-0.4, -0.2) is 23.6 Å². The van der Waals surface area contributed by atoms with Crippen molar-refractivity contribution in [3.63, 3.8) is 0 Å². The van der Waals surface area contributed by atoms with E-state index in [1.807, 2.05) is 0 Å². The molecule has 0 aliphatic carbocycles. The van der Waals surface area contributed by atoms with Gasteiger partial charge >= 0.3 is 0 Å². The number of aliphatic hydroxyl groups is 1. The topological polar surface area (TPSA) is 75.4 Å². The summed E-state index contributed by atoms with van der Waals surface area (Å²) in [6.07, 6.45) is -0.744. The molecule has 0 fully saturated rings. The summed E-state index contributed by atoms with van der Waals surface area (Å²) in [5.41, 5.74) is 0.486. The van der Waals surface area contributed by atoms with Crippen LogP contribution in [0, 0.1) is 10.1 Å². The van der Waals surface area contributed by atoms with E-state index >= 15 is 0 Å². The number of benzene rings is 1. The summed E-state index contributed by atoms with van der Waals surface area (Å²) in [6, 6.07) is 4.43. The van der Waals surface area contributed by atoms with Crippen LogP contribution < -0.4 is 5.32 Å². The number of nitro benzene ring substituents is 1. The first-order valence-electron chi connectivity index (χ1n) is 4.32. The summed E-state index contributed by atoms with van der Waals surface area (Å²) in [6.45, 7) is 0.355. The van der Waals surface area contributed by atoms with E-state index in [0.717, 1.165) is 0 Å². The molecule has 0 radical (unpaired) electrons. The molecule has 0 bridgehead atoms. The molecule has 0 spiro atoms. The molecule has 1 unspecified atom stereocenters. The number of nitrogens with one attached hydrogen (secondary N) is 1. The van der Waals surface area contributed by atoms with E-state index in [1.165, 1.54) is 12.1 Å². The minimum atomic E-state index is -0.744. The molecule has 1 aromatic rings. The van der Waals surface area contributed by atoms with Gasteiger partial charge in [-0.3, -0.25) is 10.1 Å². The van der Waals surface area contributed by atoms with E-state index in [4.69, 9.17) is 0 Å². The third kappa shape index (κ3) is 3.26. The van der Waals surface area contributed by atoms with Gasteiger partial charge in [0.1, 0.15) is 0 Å². The summed E-state index contributed by atoms with van der Waals surface area (Å²) in [5, 5.41) is 23.0. The van der Waals surface area contributed by atoms with Crippen molar-refractivity contribution in [1.82, 2.24) is 5.32 Å². The zero-order valence-corrected chi connectivity index (χ0v) is 9.69. The number of aliphatic hydroxyl groups excluding tert-OH is 1. The zero-order valence-electron chi connectivity index (χ0n) is 8.11. The molecular formula is C9H11BrN2O3. The number of nitro groups is 1. The number of nitrogens with zero attached hydrogens (tertiary/aromatic N) is 1. The number of non-ortho nitro benzene ring substituents is 1. The smallest absolute Gasteiger partial charge is 0.270 e. The Balaban J connectivity index is 3.03. The summed E-state index contributed by atoms with van der Waals surface area (Å²) >= 11 is 3.16. The fraction of sp³-hybridized carbons (Fsp3) is 0.333. The molecule has 0 amide bonds. The molecule has 0 heterocycles. The van der Waals surface area contributed by atoms with Crippen LogP contribution in [0.25, 0.3) is 0 Å². The molecule has 5 nitrogen and oxygen atoms in total. The number of halogens is 1. The van der Waals surface area contributed by atoms with Gasteiger partial charge in [0.25, 0.3) is 5.69 Å². The van der Waals surface area contributed by atoms with Crippen molar-refractivity contribution in [1.29, 1.82) is 0 Å². The lowest BCUT2D eigenvalue weighted by molar-refractivity contribution is -0.385. The number of hydrogen-bond donors (Lipinski definition) is 2. The van der Waals surface area contributed by atoms with Crippen LogP contribution in [0.3, 0.4) is 0 Å². The Hall–Kier alpha value is -0.980. The van der Waals surface area contributed by atoms with Crippen molar-refractivity contribution in [3.05, 3.63) is 38.3 Å². The lowest BCUT2D eigenvalue weighted by Gasteiger charge is -2.10. The van der Waals surface area contributed by atoms with Crippen LogP contribution in [0.15, 0.2) is 22.7 Å². The third-order valence-corrected chi connectivity index (χ3v) is 2.36. The van der Waals surface area contributed by atoms with Crippen molar-refractivity contribution in [3.8, 4) is 0 Å². The molecule has 0 saturated heterocycles. The lowest BCUT2D eigenvalue weighted by Crippen LogP contribution is -2.16. The molecule has 82 valence electrons. The molecule has 0 aromatic heterocycles. The zero-order chi connectivity index (χ0) is 11.4. The molecule has 0 aliphatic heterocycles. The first kappa shape index (κ1) is 12.1. The van der Waals surface area contributed by atoms with Crippen molar-refractivity contribution in [2.75, 3.05) is 13.6 Å². The van der Waals surface area contributed by atoms with Gasteiger partial charge in [0, 0.05) is 23.2 Å². The van der Waals surface area contributed by atoms with Gasteiger partial charge in [0.2, 0.25) is 0 Å². The fourth-order valence-electron chi connectivity index (χ4n) is 1.21. The Morgan fingerprint density at radius 3 is 2.80 bits per heavy atom. The molecule has 1 rings (SSSR count).